The fourth-order valence-corrected chi connectivity index (χ4v) is 2.19. The van der Waals surface area contributed by atoms with E-state index in [0.717, 1.165) is 31.1 Å². The molecule has 1 aliphatic heterocycles. The Morgan fingerprint density at radius 2 is 1.95 bits per heavy atom. The lowest BCUT2D eigenvalue weighted by molar-refractivity contribution is 0.171. The lowest BCUT2D eigenvalue weighted by atomic mass is 9.96. The van der Waals surface area contributed by atoms with E-state index < -0.39 is 0 Å². The fraction of sp³-hybridized carbons (Fsp3) is 0.600. The number of hydrogen-bond acceptors (Lipinski definition) is 4. The molecule has 1 aromatic carbocycles. The molecule has 1 aromatic rings. The molecule has 2 rings (SSSR count). The van der Waals surface area contributed by atoms with Gasteiger partial charge in [-0.15, -0.1) is 0 Å². The van der Waals surface area contributed by atoms with E-state index >= 15 is 0 Å². The van der Waals surface area contributed by atoms with Gasteiger partial charge in [0.05, 0.1) is 0 Å². The molecule has 0 saturated carbocycles. The molecule has 0 radical (unpaired) electrons. The second kappa shape index (κ2) is 6.78. The molecular weight excluding hydrogens is 240 g/mol. The van der Waals surface area contributed by atoms with Crippen molar-refractivity contribution in [3.8, 4) is 11.5 Å². The van der Waals surface area contributed by atoms with Crippen LogP contribution in [0.15, 0.2) is 18.2 Å². The van der Waals surface area contributed by atoms with Gasteiger partial charge >= 0.3 is 0 Å². The maximum absolute atomic E-state index is 5.77. The molecular formula is C15H24N2O2. The fourth-order valence-electron chi connectivity index (χ4n) is 2.19. The molecule has 19 heavy (non-hydrogen) atoms. The van der Waals surface area contributed by atoms with Crippen LogP contribution in [-0.4, -0.2) is 26.3 Å². The van der Waals surface area contributed by atoms with Crippen molar-refractivity contribution in [3.63, 3.8) is 0 Å². The molecule has 4 heteroatoms. The van der Waals surface area contributed by atoms with Crippen molar-refractivity contribution in [2.75, 3.05) is 26.3 Å². The summed E-state index contributed by atoms with van der Waals surface area (Å²) >= 11 is 0. The topological polar surface area (TPSA) is 56.5 Å². The number of nitrogens with two attached hydrogens (primary N) is 1. The minimum Gasteiger partial charge on any atom is -0.486 e. The van der Waals surface area contributed by atoms with Crippen LogP contribution in [0.1, 0.15) is 19.4 Å². The Balaban J connectivity index is 1.86. The molecule has 1 heterocycles. The maximum Gasteiger partial charge on any atom is 0.161 e. The van der Waals surface area contributed by atoms with Gasteiger partial charge in [0.2, 0.25) is 0 Å². The van der Waals surface area contributed by atoms with Crippen LogP contribution in [0, 0.1) is 11.8 Å². The summed E-state index contributed by atoms with van der Waals surface area (Å²) in [5.74, 6) is 2.83. The Kier molecular flexibility index (Phi) is 5.05. The van der Waals surface area contributed by atoms with Crippen LogP contribution in [0.4, 0.5) is 0 Å². The van der Waals surface area contributed by atoms with E-state index in [9.17, 15) is 0 Å². The standard InChI is InChI=1S/C15H24N2O2/c1-11(2)13(8-16)10-17-9-12-3-4-14-15(7-12)19-6-5-18-14/h3-4,7,11,13,17H,5-6,8-10,16H2,1-2H3. The summed E-state index contributed by atoms with van der Waals surface area (Å²) in [5.41, 5.74) is 6.98. The molecule has 0 aromatic heterocycles. The largest absolute Gasteiger partial charge is 0.486 e. The first-order valence-electron chi connectivity index (χ1n) is 7.00. The second-order valence-corrected chi connectivity index (χ2v) is 5.35. The second-order valence-electron chi connectivity index (χ2n) is 5.35. The van der Waals surface area contributed by atoms with Gasteiger partial charge in [-0.05, 0) is 42.6 Å². The average Bonchev–Trinajstić information content (AvgIpc) is 2.43. The lowest BCUT2D eigenvalue weighted by Crippen LogP contribution is -2.31. The van der Waals surface area contributed by atoms with Gasteiger partial charge in [-0.1, -0.05) is 19.9 Å². The zero-order valence-electron chi connectivity index (χ0n) is 11.8. The Hall–Kier alpha value is -1.26. The quantitative estimate of drug-likeness (QED) is 0.822. The van der Waals surface area contributed by atoms with Crippen LogP contribution in [0.5, 0.6) is 11.5 Å². The highest BCUT2D eigenvalue weighted by Crippen LogP contribution is 2.30. The highest BCUT2D eigenvalue weighted by atomic mass is 16.6. The van der Waals surface area contributed by atoms with Gasteiger partial charge < -0.3 is 20.5 Å². The number of benzene rings is 1. The SMILES string of the molecule is CC(C)C(CN)CNCc1ccc2c(c1)OCCO2. The summed E-state index contributed by atoms with van der Waals surface area (Å²) < 4.78 is 11.1. The highest BCUT2D eigenvalue weighted by molar-refractivity contribution is 5.43. The normalized spacial score (nSPS) is 15.6. The van der Waals surface area contributed by atoms with E-state index in [0.29, 0.717) is 25.0 Å². The number of rotatable bonds is 6. The van der Waals surface area contributed by atoms with Crippen molar-refractivity contribution < 1.29 is 9.47 Å². The summed E-state index contributed by atoms with van der Waals surface area (Å²) in [6.07, 6.45) is 0. The minimum absolute atomic E-state index is 0.525. The molecule has 0 bridgehead atoms. The minimum atomic E-state index is 0.525. The third-order valence-electron chi connectivity index (χ3n) is 3.59. The zero-order valence-corrected chi connectivity index (χ0v) is 11.8. The number of hydrogen-bond donors (Lipinski definition) is 2. The summed E-state index contributed by atoms with van der Waals surface area (Å²) in [4.78, 5) is 0. The smallest absolute Gasteiger partial charge is 0.161 e. The molecule has 1 atom stereocenters. The zero-order chi connectivity index (χ0) is 13.7. The van der Waals surface area contributed by atoms with Crippen LogP contribution in [0.25, 0.3) is 0 Å². The predicted octanol–water partition coefficient (Wildman–Crippen LogP) is 1.78. The Labute approximate surface area is 115 Å². The van der Waals surface area contributed by atoms with E-state index in [4.69, 9.17) is 15.2 Å². The third kappa shape index (κ3) is 3.85. The van der Waals surface area contributed by atoms with Gasteiger partial charge in [-0.2, -0.15) is 0 Å². The number of fused-ring (bicyclic) bond motifs is 1. The van der Waals surface area contributed by atoms with Crippen molar-refractivity contribution in [1.82, 2.24) is 5.32 Å². The summed E-state index contributed by atoms with van der Waals surface area (Å²) in [6.45, 7) is 8.20. The molecule has 1 unspecified atom stereocenters. The van der Waals surface area contributed by atoms with Crippen molar-refractivity contribution in [3.05, 3.63) is 23.8 Å². The molecule has 0 spiro atoms. The first-order valence-corrected chi connectivity index (χ1v) is 7.00. The number of ether oxygens (including phenoxy) is 2. The van der Waals surface area contributed by atoms with Gasteiger partial charge in [0.1, 0.15) is 13.2 Å². The Morgan fingerprint density at radius 1 is 1.21 bits per heavy atom. The molecule has 0 amide bonds. The van der Waals surface area contributed by atoms with Gasteiger partial charge in [0, 0.05) is 6.54 Å². The van der Waals surface area contributed by atoms with Crippen molar-refractivity contribution in [2.24, 2.45) is 17.6 Å². The van der Waals surface area contributed by atoms with Gasteiger partial charge in [0.25, 0.3) is 0 Å². The summed E-state index contributed by atoms with van der Waals surface area (Å²) in [7, 11) is 0. The molecule has 0 fully saturated rings. The van der Waals surface area contributed by atoms with Crippen LogP contribution in [0.3, 0.4) is 0 Å². The molecule has 0 saturated heterocycles. The molecule has 3 N–H and O–H groups in total. The van der Waals surface area contributed by atoms with Crippen molar-refractivity contribution in [1.29, 1.82) is 0 Å². The van der Waals surface area contributed by atoms with E-state index in [1.165, 1.54) is 5.56 Å². The molecule has 0 aliphatic carbocycles. The average molecular weight is 264 g/mol. The van der Waals surface area contributed by atoms with E-state index in [2.05, 4.69) is 25.2 Å². The van der Waals surface area contributed by atoms with E-state index in [1.807, 2.05) is 12.1 Å². The molecule has 4 nitrogen and oxygen atoms in total. The first-order chi connectivity index (χ1) is 9.20. The molecule has 106 valence electrons. The summed E-state index contributed by atoms with van der Waals surface area (Å²) in [5, 5.41) is 3.46. The van der Waals surface area contributed by atoms with Crippen LogP contribution in [0.2, 0.25) is 0 Å². The van der Waals surface area contributed by atoms with Gasteiger partial charge in [0.15, 0.2) is 11.5 Å². The molecule has 1 aliphatic rings. The Morgan fingerprint density at radius 3 is 2.63 bits per heavy atom. The predicted molar refractivity (Wildman–Crippen MR) is 76.5 cm³/mol. The highest BCUT2D eigenvalue weighted by Gasteiger charge is 2.13. The van der Waals surface area contributed by atoms with Crippen molar-refractivity contribution in [2.45, 2.75) is 20.4 Å². The van der Waals surface area contributed by atoms with Crippen LogP contribution in [-0.2, 0) is 6.54 Å². The Bertz CT molecular complexity index is 407. The van der Waals surface area contributed by atoms with Crippen LogP contribution >= 0.6 is 0 Å². The van der Waals surface area contributed by atoms with E-state index in [-0.39, 0.29) is 0 Å². The monoisotopic (exact) mass is 264 g/mol. The lowest BCUT2D eigenvalue weighted by Gasteiger charge is -2.21. The summed E-state index contributed by atoms with van der Waals surface area (Å²) in [6, 6.07) is 6.11. The maximum atomic E-state index is 5.77. The van der Waals surface area contributed by atoms with E-state index in [1.54, 1.807) is 0 Å². The van der Waals surface area contributed by atoms with Crippen molar-refractivity contribution >= 4 is 0 Å². The third-order valence-corrected chi connectivity index (χ3v) is 3.59. The van der Waals surface area contributed by atoms with Gasteiger partial charge in [-0.25, -0.2) is 0 Å². The van der Waals surface area contributed by atoms with Gasteiger partial charge in [-0.3, -0.25) is 0 Å². The number of nitrogens with one attached hydrogen (secondary N) is 1. The first kappa shape index (κ1) is 14.2. The van der Waals surface area contributed by atoms with Crippen LogP contribution < -0.4 is 20.5 Å².